The average Bonchev–Trinajstić information content (AvgIpc) is 2.60. The maximum Gasteiger partial charge on any atom is 0.286 e. The summed E-state index contributed by atoms with van der Waals surface area (Å²) in [6.07, 6.45) is 4.78. The molecule has 1 aliphatic rings. The molecular weight excluding hydrogens is 290 g/mol. The number of nitrogens with one attached hydrogen (secondary N) is 1. The second-order valence-electron chi connectivity index (χ2n) is 5.87. The fourth-order valence-electron chi connectivity index (χ4n) is 3.35. The molecule has 0 saturated carbocycles. The third-order valence-corrected chi connectivity index (χ3v) is 4.45. The highest BCUT2D eigenvalue weighted by Crippen LogP contribution is 2.33. The molecule has 5 heteroatoms. The predicted molar refractivity (Wildman–Crippen MR) is 88.9 cm³/mol. The van der Waals surface area contributed by atoms with Crippen molar-refractivity contribution in [3.8, 4) is 0 Å². The van der Waals surface area contributed by atoms with Gasteiger partial charge in [0.2, 0.25) is 0 Å². The molecular formula is C18H17N3O2. The van der Waals surface area contributed by atoms with Crippen LogP contribution in [0.4, 0.5) is 5.69 Å². The molecule has 0 aliphatic heterocycles. The smallest absolute Gasteiger partial charge is 0.286 e. The third kappa shape index (κ3) is 2.34. The molecule has 0 amide bonds. The van der Waals surface area contributed by atoms with Crippen LogP contribution in [0.5, 0.6) is 0 Å². The summed E-state index contributed by atoms with van der Waals surface area (Å²) in [5, 5.41) is 14.1. The van der Waals surface area contributed by atoms with Crippen LogP contribution in [0.3, 0.4) is 0 Å². The van der Waals surface area contributed by atoms with Gasteiger partial charge in [0.05, 0.1) is 11.7 Å². The Kier molecular flexibility index (Phi) is 3.26. The Morgan fingerprint density at radius 1 is 1.22 bits per heavy atom. The van der Waals surface area contributed by atoms with Crippen LogP contribution in [0.2, 0.25) is 0 Å². The van der Waals surface area contributed by atoms with E-state index in [-0.39, 0.29) is 11.7 Å². The molecule has 4 rings (SSSR count). The lowest BCUT2D eigenvalue weighted by molar-refractivity contribution is 0.187. The Hall–Kier alpha value is -2.82. The van der Waals surface area contributed by atoms with Gasteiger partial charge in [0.15, 0.2) is 5.65 Å². The lowest BCUT2D eigenvalue weighted by Crippen LogP contribution is -2.22. The maximum absolute atomic E-state index is 12.0. The van der Waals surface area contributed by atoms with Gasteiger partial charge in [0.1, 0.15) is 0 Å². The molecule has 2 N–H and O–H groups in total. The van der Waals surface area contributed by atoms with Crippen LogP contribution in [-0.4, -0.2) is 14.9 Å². The summed E-state index contributed by atoms with van der Waals surface area (Å²) < 4.78 is 0.593. The Bertz CT molecular complexity index is 933. The second-order valence-corrected chi connectivity index (χ2v) is 5.87. The van der Waals surface area contributed by atoms with Gasteiger partial charge in [-0.1, -0.05) is 24.3 Å². The van der Waals surface area contributed by atoms with Crippen molar-refractivity contribution in [2.45, 2.75) is 25.3 Å². The number of pyridine rings is 2. The minimum atomic E-state index is -0.484. The molecule has 0 spiro atoms. The first kappa shape index (κ1) is 13.8. The van der Waals surface area contributed by atoms with Crippen LogP contribution in [0.25, 0.3) is 11.0 Å². The van der Waals surface area contributed by atoms with Crippen LogP contribution < -0.4 is 10.9 Å². The first-order chi connectivity index (χ1) is 11.2. The van der Waals surface area contributed by atoms with Crippen LogP contribution in [0, 0.1) is 0 Å². The lowest BCUT2D eigenvalue weighted by atomic mass is 9.87. The fourth-order valence-corrected chi connectivity index (χ4v) is 3.35. The number of nitrogens with zero attached hydrogens (tertiary/aromatic N) is 2. The summed E-state index contributed by atoms with van der Waals surface area (Å²) in [6, 6.07) is 13.7. The number of aryl methyl sites for hydroxylation is 1. The summed E-state index contributed by atoms with van der Waals surface area (Å²) in [6.45, 7) is 0. The number of benzene rings is 1. The summed E-state index contributed by atoms with van der Waals surface area (Å²) in [5.41, 5.74) is 3.14. The highest BCUT2D eigenvalue weighted by atomic mass is 16.5. The molecule has 0 bridgehead atoms. The van der Waals surface area contributed by atoms with Gasteiger partial charge in [-0.3, -0.25) is 4.79 Å². The Morgan fingerprint density at radius 3 is 3.00 bits per heavy atom. The topological polar surface area (TPSA) is 67.2 Å². The molecule has 1 atom stereocenters. The first-order valence-electron chi connectivity index (χ1n) is 7.78. The molecule has 2 aromatic heterocycles. The van der Waals surface area contributed by atoms with Gasteiger partial charge in [0, 0.05) is 17.6 Å². The van der Waals surface area contributed by atoms with Crippen molar-refractivity contribution in [3.05, 3.63) is 70.1 Å². The average molecular weight is 307 g/mol. The fraction of sp³-hybridized carbons (Fsp3) is 0.222. The Labute approximate surface area is 133 Å². The van der Waals surface area contributed by atoms with Gasteiger partial charge < -0.3 is 10.5 Å². The van der Waals surface area contributed by atoms with Gasteiger partial charge >= 0.3 is 0 Å². The van der Waals surface area contributed by atoms with E-state index in [1.54, 1.807) is 12.3 Å². The van der Waals surface area contributed by atoms with Crippen molar-refractivity contribution in [2.75, 3.05) is 5.32 Å². The van der Waals surface area contributed by atoms with Crippen molar-refractivity contribution in [1.82, 2.24) is 9.71 Å². The van der Waals surface area contributed by atoms with E-state index < -0.39 is 5.56 Å². The quantitative estimate of drug-likeness (QED) is 0.714. The van der Waals surface area contributed by atoms with E-state index in [4.69, 9.17) is 0 Å². The number of rotatable bonds is 2. The van der Waals surface area contributed by atoms with E-state index in [1.807, 2.05) is 12.1 Å². The monoisotopic (exact) mass is 307 g/mol. The molecule has 23 heavy (non-hydrogen) atoms. The van der Waals surface area contributed by atoms with E-state index in [1.165, 1.54) is 17.2 Å². The first-order valence-corrected chi connectivity index (χ1v) is 7.78. The van der Waals surface area contributed by atoms with Gasteiger partial charge in [-0.25, -0.2) is 4.98 Å². The molecule has 0 saturated heterocycles. The van der Waals surface area contributed by atoms with E-state index in [0.717, 1.165) is 24.6 Å². The number of aromatic nitrogens is 2. The zero-order chi connectivity index (χ0) is 15.8. The van der Waals surface area contributed by atoms with E-state index >= 15 is 0 Å². The highest BCUT2D eigenvalue weighted by Gasteiger charge is 2.21. The third-order valence-electron chi connectivity index (χ3n) is 4.45. The molecule has 0 radical (unpaired) electrons. The zero-order valence-electron chi connectivity index (χ0n) is 12.6. The summed E-state index contributed by atoms with van der Waals surface area (Å²) in [7, 11) is 0. The largest absolute Gasteiger partial charge is 0.423 e. The minimum Gasteiger partial charge on any atom is -0.423 e. The summed E-state index contributed by atoms with van der Waals surface area (Å²) >= 11 is 0. The van der Waals surface area contributed by atoms with Crippen LogP contribution in [0.1, 0.15) is 30.0 Å². The van der Waals surface area contributed by atoms with Gasteiger partial charge in [-0.2, -0.15) is 0 Å². The van der Waals surface area contributed by atoms with E-state index in [2.05, 4.69) is 28.5 Å². The molecule has 2 heterocycles. The van der Waals surface area contributed by atoms with Crippen LogP contribution >= 0.6 is 0 Å². The van der Waals surface area contributed by atoms with Gasteiger partial charge in [0.25, 0.3) is 5.56 Å². The standard InChI is InChI=1S/C18H17N3O2/c22-17-11-16(14-8-4-10-19-18(14)21(17)23)20-15-9-3-6-12-5-1-2-7-13(12)15/h1-2,4-5,7-8,10-11,15,20,23H,3,6,9H2. The molecule has 5 nitrogen and oxygen atoms in total. The van der Waals surface area contributed by atoms with Crippen molar-refractivity contribution in [3.63, 3.8) is 0 Å². The number of hydrogen-bond donors (Lipinski definition) is 2. The normalized spacial score (nSPS) is 17.0. The maximum atomic E-state index is 12.0. The molecule has 3 aromatic rings. The molecule has 1 aromatic carbocycles. The van der Waals surface area contributed by atoms with Gasteiger partial charge in [-0.15, -0.1) is 4.73 Å². The van der Waals surface area contributed by atoms with E-state index in [9.17, 15) is 10.0 Å². The summed E-state index contributed by atoms with van der Waals surface area (Å²) in [5.74, 6) is 0. The summed E-state index contributed by atoms with van der Waals surface area (Å²) in [4.78, 5) is 16.1. The van der Waals surface area contributed by atoms with Crippen molar-refractivity contribution in [2.24, 2.45) is 0 Å². The SMILES string of the molecule is O=c1cc(NC2CCCc3ccccc32)c2cccnc2n1O. The zero-order valence-corrected chi connectivity index (χ0v) is 12.6. The lowest BCUT2D eigenvalue weighted by Gasteiger charge is -2.27. The van der Waals surface area contributed by atoms with Crippen molar-refractivity contribution >= 4 is 16.7 Å². The second kappa shape index (κ2) is 5.43. The van der Waals surface area contributed by atoms with E-state index in [0.29, 0.717) is 10.4 Å². The van der Waals surface area contributed by atoms with Crippen molar-refractivity contribution in [1.29, 1.82) is 0 Å². The number of hydrogen-bond acceptors (Lipinski definition) is 4. The Balaban J connectivity index is 1.80. The van der Waals surface area contributed by atoms with Crippen LogP contribution in [0.15, 0.2) is 53.5 Å². The predicted octanol–water partition coefficient (Wildman–Crippen LogP) is 3.12. The van der Waals surface area contributed by atoms with Crippen molar-refractivity contribution < 1.29 is 5.21 Å². The molecule has 1 unspecified atom stereocenters. The van der Waals surface area contributed by atoms with Crippen LogP contribution in [-0.2, 0) is 6.42 Å². The number of fused-ring (bicyclic) bond motifs is 2. The Morgan fingerprint density at radius 2 is 2.09 bits per heavy atom. The minimum absolute atomic E-state index is 0.164. The molecule has 0 fully saturated rings. The van der Waals surface area contributed by atoms with Gasteiger partial charge in [-0.05, 0) is 42.5 Å². The number of anilines is 1. The molecule has 116 valence electrons. The highest BCUT2D eigenvalue weighted by molar-refractivity contribution is 5.88. The molecule has 1 aliphatic carbocycles.